The van der Waals surface area contributed by atoms with Gasteiger partial charge in [-0.05, 0) is 23.3 Å². The summed E-state index contributed by atoms with van der Waals surface area (Å²) in [6.45, 7) is 0. The van der Waals surface area contributed by atoms with Crippen molar-refractivity contribution < 1.29 is 32.2 Å². The smallest absolute Gasteiger partial charge is 0.481 e. The molecule has 0 bridgehead atoms. The molecule has 0 aromatic heterocycles. The third kappa shape index (κ3) is 3.97. The van der Waals surface area contributed by atoms with Gasteiger partial charge in [0.25, 0.3) is 0 Å². The van der Waals surface area contributed by atoms with Crippen molar-refractivity contribution in [3.05, 3.63) is 53.8 Å². The highest BCUT2D eigenvalue weighted by molar-refractivity contribution is 5.73. The van der Waals surface area contributed by atoms with E-state index in [1.54, 1.807) is 0 Å². The van der Waals surface area contributed by atoms with Gasteiger partial charge in [0, 0.05) is 5.56 Å². The lowest BCUT2D eigenvalue weighted by Gasteiger charge is -2.11. The highest BCUT2D eigenvalue weighted by Crippen LogP contribution is 2.30. The largest absolute Gasteiger partial charge is 0.573 e. The standard InChI is InChI=1S/C15H10F4O3/c16-14-10(8-13(20)21)4-2-6-12(14)9-3-1-5-11(7-9)22-15(17,18)19/h1-7H,8H2,(H,20,21). The fourth-order valence-corrected chi connectivity index (χ4v) is 1.96. The van der Waals surface area contributed by atoms with E-state index in [1.807, 2.05) is 0 Å². The topological polar surface area (TPSA) is 46.5 Å². The quantitative estimate of drug-likeness (QED) is 0.867. The number of hydrogen-bond acceptors (Lipinski definition) is 2. The van der Waals surface area contributed by atoms with E-state index < -0.39 is 30.3 Å². The molecule has 0 spiro atoms. The Labute approximate surface area is 122 Å². The van der Waals surface area contributed by atoms with Gasteiger partial charge in [0.1, 0.15) is 11.6 Å². The molecule has 2 aromatic carbocycles. The van der Waals surface area contributed by atoms with Crippen LogP contribution < -0.4 is 4.74 Å². The second-order valence-corrected chi connectivity index (χ2v) is 4.42. The number of carbonyl (C=O) groups is 1. The van der Waals surface area contributed by atoms with Gasteiger partial charge < -0.3 is 9.84 Å². The van der Waals surface area contributed by atoms with Crippen LogP contribution in [0.4, 0.5) is 17.6 Å². The summed E-state index contributed by atoms with van der Waals surface area (Å²) in [5.41, 5.74) is 0.116. The number of aliphatic carboxylic acids is 1. The maximum absolute atomic E-state index is 14.3. The third-order valence-electron chi connectivity index (χ3n) is 2.80. The molecule has 2 aromatic rings. The van der Waals surface area contributed by atoms with Crippen molar-refractivity contribution in [2.24, 2.45) is 0 Å². The fourth-order valence-electron chi connectivity index (χ4n) is 1.96. The SMILES string of the molecule is O=C(O)Cc1cccc(-c2cccc(OC(F)(F)F)c2)c1F. The molecule has 0 heterocycles. The number of benzene rings is 2. The predicted octanol–water partition coefficient (Wildman–Crippen LogP) is 4.02. The second-order valence-electron chi connectivity index (χ2n) is 4.42. The zero-order valence-electron chi connectivity index (χ0n) is 11.0. The Balaban J connectivity index is 2.40. The van der Waals surface area contributed by atoms with E-state index in [1.165, 1.54) is 30.3 Å². The Morgan fingerprint density at radius 1 is 1.14 bits per heavy atom. The summed E-state index contributed by atoms with van der Waals surface area (Å²) in [6.07, 6.45) is -5.36. The van der Waals surface area contributed by atoms with E-state index in [9.17, 15) is 22.4 Å². The van der Waals surface area contributed by atoms with E-state index in [0.29, 0.717) is 0 Å². The Kier molecular flexibility index (Phi) is 4.35. The van der Waals surface area contributed by atoms with E-state index in [-0.39, 0.29) is 16.7 Å². The fraction of sp³-hybridized carbons (Fsp3) is 0.133. The molecule has 0 fully saturated rings. The van der Waals surface area contributed by atoms with E-state index >= 15 is 0 Å². The average molecular weight is 314 g/mol. The number of alkyl halides is 3. The molecule has 0 unspecified atom stereocenters. The van der Waals surface area contributed by atoms with Gasteiger partial charge in [0.15, 0.2) is 0 Å². The first-order chi connectivity index (χ1) is 10.3. The zero-order valence-corrected chi connectivity index (χ0v) is 11.0. The number of ether oxygens (including phenoxy) is 1. The second kappa shape index (κ2) is 6.05. The minimum absolute atomic E-state index is 0.00590. The minimum atomic E-state index is -4.84. The molecule has 7 heteroatoms. The Bertz CT molecular complexity index is 695. The summed E-state index contributed by atoms with van der Waals surface area (Å²) < 4.78 is 54.6. The molecule has 0 radical (unpaired) electrons. The summed E-state index contributed by atoms with van der Waals surface area (Å²) in [5.74, 6) is -2.47. The van der Waals surface area contributed by atoms with Gasteiger partial charge in [0.05, 0.1) is 6.42 Å². The van der Waals surface area contributed by atoms with E-state index in [2.05, 4.69) is 4.74 Å². The Morgan fingerprint density at radius 3 is 2.45 bits per heavy atom. The van der Waals surface area contributed by atoms with Crippen molar-refractivity contribution >= 4 is 5.97 Å². The van der Waals surface area contributed by atoms with Gasteiger partial charge in [-0.3, -0.25) is 4.79 Å². The number of carboxylic acids is 1. The van der Waals surface area contributed by atoms with Gasteiger partial charge >= 0.3 is 12.3 Å². The first-order valence-electron chi connectivity index (χ1n) is 6.11. The van der Waals surface area contributed by atoms with Gasteiger partial charge in [-0.1, -0.05) is 30.3 Å². The van der Waals surface area contributed by atoms with Crippen LogP contribution in [0.2, 0.25) is 0 Å². The van der Waals surface area contributed by atoms with Crippen LogP contribution in [-0.2, 0) is 11.2 Å². The summed E-state index contributed by atoms with van der Waals surface area (Å²) in [5, 5.41) is 8.71. The van der Waals surface area contributed by atoms with Crippen LogP contribution in [0, 0.1) is 5.82 Å². The van der Waals surface area contributed by atoms with Crippen LogP contribution in [0.25, 0.3) is 11.1 Å². The van der Waals surface area contributed by atoms with Crippen LogP contribution in [0.3, 0.4) is 0 Å². The minimum Gasteiger partial charge on any atom is -0.481 e. The van der Waals surface area contributed by atoms with E-state index in [4.69, 9.17) is 5.11 Å². The van der Waals surface area contributed by atoms with Gasteiger partial charge in [-0.2, -0.15) is 0 Å². The molecule has 2 rings (SSSR count). The molecular weight excluding hydrogens is 304 g/mol. The van der Waals surface area contributed by atoms with Gasteiger partial charge in [-0.15, -0.1) is 13.2 Å². The molecule has 1 N–H and O–H groups in total. The molecule has 0 aliphatic heterocycles. The van der Waals surface area contributed by atoms with Crippen LogP contribution in [-0.4, -0.2) is 17.4 Å². The van der Waals surface area contributed by atoms with Gasteiger partial charge in [-0.25, -0.2) is 4.39 Å². The zero-order chi connectivity index (χ0) is 16.3. The van der Waals surface area contributed by atoms with Crippen molar-refractivity contribution in [1.29, 1.82) is 0 Å². The Morgan fingerprint density at radius 2 is 1.82 bits per heavy atom. The van der Waals surface area contributed by atoms with Gasteiger partial charge in [0.2, 0.25) is 0 Å². The molecule has 22 heavy (non-hydrogen) atoms. The van der Waals surface area contributed by atoms with Crippen LogP contribution >= 0.6 is 0 Å². The molecule has 116 valence electrons. The highest BCUT2D eigenvalue weighted by atomic mass is 19.4. The van der Waals surface area contributed by atoms with Crippen molar-refractivity contribution in [1.82, 2.24) is 0 Å². The van der Waals surface area contributed by atoms with Crippen LogP contribution in [0.1, 0.15) is 5.56 Å². The van der Waals surface area contributed by atoms with Crippen LogP contribution in [0.15, 0.2) is 42.5 Å². The average Bonchev–Trinajstić information content (AvgIpc) is 2.39. The number of carboxylic acid groups (broad SMARTS) is 1. The first kappa shape index (κ1) is 15.8. The lowest BCUT2D eigenvalue weighted by Crippen LogP contribution is -2.17. The first-order valence-corrected chi connectivity index (χ1v) is 6.11. The van der Waals surface area contributed by atoms with Crippen LogP contribution in [0.5, 0.6) is 5.75 Å². The summed E-state index contributed by atoms with van der Waals surface area (Å²) >= 11 is 0. The molecular formula is C15H10F4O3. The monoisotopic (exact) mass is 314 g/mol. The maximum atomic E-state index is 14.3. The van der Waals surface area contributed by atoms with Crippen molar-refractivity contribution in [3.63, 3.8) is 0 Å². The Hall–Kier alpha value is -2.57. The molecule has 3 nitrogen and oxygen atoms in total. The molecule has 0 saturated carbocycles. The normalized spacial score (nSPS) is 11.3. The molecule has 0 aliphatic carbocycles. The molecule has 0 aliphatic rings. The molecule has 0 atom stereocenters. The number of rotatable bonds is 4. The molecule has 0 saturated heterocycles. The number of halogens is 4. The van der Waals surface area contributed by atoms with E-state index in [0.717, 1.165) is 12.1 Å². The van der Waals surface area contributed by atoms with Crippen molar-refractivity contribution in [3.8, 4) is 16.9 Å². The van der Waals surface area contributed by atoms with Crippen molar-refractivity contribution in [2.75, 3.05) is 0 Å². The molecule has 0 amide bonds. The van der Waals surface area contributed by atoms with Crippen molar-refractivity contribution in [2.45, 2.75) is 12.8 Å². The number of hydrogen-bond donors (Lipinski definition) is 1. The lowest BCUT2D eigenvalue weighted by molar-refractivity contribution is -0.274. The summed E-state index contributed by atoms with van der Waals surface area (Å²) in [6, 6.07) is 8.93. The predicted molar refractivity (Wildman–Crippen MR) is 69.9 cm³/mol. The summed E-state index contributed by atoms with van der Waals surface area (Å²) in [4.78, 5) is 10.7. The highest BCUT2D eigenvalue weighted by Gasteiger charge is 2.31. The lowest BCUT2D eigenvalue weighted by atomic mass is 10.0. The summed E-state index contributed by atoms with van der Waals surface area (Å²) in [7, 11) is 0. The third-order valence-corrected chi connectivity index (χ3v) is 2.80. The maximum Gasteiger partial charge on any atom is 0.573 e.